The van der Waals surface area contributed by atoms with Gasteiger partial charge in [0.25, 0.3) is 0 Å². The van der Waals surface area contributed by atoms with Gasteiger partial charge in [-0.05, 0) is 25.1 Å². The maximum Gasteiger partial charge on any atom is 0.0992 e. The molecule has 0 bridgehead atoms. The van der Waals surface area contributed by atoms with Crippen LogP contribution in [-0.4, -0.2) is 7.05 Å². The second-order valence-electron chi connectivity index (χ2n) is 3.81. The van der Waals surface area contributed by atoms with Crippen molar-refractivity contribution in [1.82, 2.24) is 5.32 Å². The van der Waals surface area contributed by atoms with Gasteiger partial charge in [-0.25, -0.2) is 0 Å². The van der Waals surface area contributed by atoms with E-state index in [1.165, 1.54) is 16.9 Å². The molecule has 0 fully saturated rings. The fourth-order valence-electron chi connectivity index (χ4n) is 1.81. The normalized spacial score (nSPS) is 12.6. The molecule has 0 aliphatic carbocycles. The van der Waals surface area contributed by atoms with E-state index in [9.17, 15) is 0 Å². The van der Waals surface area contributed by atoms with Gasteiger partial charge in [0, 0.05) is 11.6 Å². The summed E-state index contributed by atoms with van der Waals surface area (Å²) in [7, 11) is 1.94. The van der Waals surface area contributed by atoms with Crippen LogP contribution in [0.25, 0.3) is 0 Å². The minimum absolute atomic E-state index is 0.202. The first kappa shape index (κ1) is 12.9. The standard InChI is InChI=1S/C13H13Cl2NS/c1-16-11(7-9-5-3-2-4-6-9)10-8-12(14)17-13(10)15/h2-6,8,11,16H,7H2,1H3. The molecule has 4 heteroatoms. The van der Waals surface area contributed by atoms with E-state index in [0.717, 1.165) is 20.7 Å². The lowest BCUT2D eigenvalue weighted by Gasteiger charge is -2.15. The molecule has 1 aromatic heterocycles. The maximum atomic E-state index is 6.18. The van der Waals surface area contributed by atoms with Crippen LogP contribution in [0.5, 0.6) is 0 Å². The average molecular weight is 286 g/mol. The van der Waals surface area contributed by atoms with Crippen LogP contribution in [0.3, 0.4) is 0 Å². The van der Waals surface area contributed by atoms with Crippen molar-refractivity contribution in [2.75, 3.05) is 7.05 Å². The zero-order chi connectivity index (χ0) is 12.3. The summed E-state index contributed by atoms with van der Waals surface area (Å²) >= 11 is 13.6. The molecule has 2 aromatic rings. The van der Waals surface area contributed by atoms with Crippen molar-refractivity contribution in [2.45, 2.75) is 12.5 Å². The van der Waals surface area contributed by atoms with Crippen molar-refractivity contribution in [3.05, 3.63) is 56.2 Å². The van der Waals surface area contributed by atoms with Gasteiger partial charge in [0.1, 0.15) is 0 Å². The predicted octanol–water partition coefficient (Wildman–Crippen LogP) is 4.56. The maximum absolute atomic E-state index is 6.18. The summed E-state index contributed by atoms with van der Waals surface area (Å²) < 4.78 is 1.50. The summed E-state index contributed by atoms with van der Waals surface area (Å²) in [4.78, 5) is 0. The van der Waals surface area contributed by atoms with Crippen molar-refractivity contribution in [3.63, 3.8) is 0 Å². The summed E-state index contributed by atoms with van der Waals surface area (Å²) in [5.41, 5.74) is 2.36. The van der Waals surface area contributed by atoms with E-state index in [4.69, 9.17) is 23.2 Å². The van der Waals surface area contributed by atoms with Gasteiger partial charge in [-0.15, -0.1) is 11.3 Å². The molecular weight excluding hydrogens is 273 g/mol. The summed E-state index contributed by atoms with van der Waals surface area (Å²) in [6, 6.07) is 12.5. The Morgan fingerprint density at radius 1 is 1.24 bits per heavy atom. The van der Waals surface area contributed by atoms with Crippen LogP contribution >= 0.6 is 34.5 Å². The van der Waals surface area contributed by atoms with Crippen molar-refractivity contribution in [2.24, 2.45) is 0 Å². The largest absolute Gasteiger partial charge is 0.313 e. The van der Waals surface area contributed by atoms with Gasteiger partial charge in [-0.3, -0.25) is 0 Å². The average Bonchev–Trinajstić information content (AvgIpc) is 2.67. The van der Waals surface area contributed by atoms with E-state index in [1.54, 1.807) is 0 Å². The van der Waals surface area contributed by atoms with Crippen molar-refractivity contribution < 1.29 is 0 Å². The highest BCUT2D eigenvalue weighted by Gasteiger charge is 2.16. The smallest absolute Gasteiger partial charge is 0.0992 e. The molecule has 0 saturated heterocycles. The Bertz CT molecular complexity index is 481. The van der Waals surface area contributed by atoms with Gasteiger partial charge < -0.3 is 5.32 Å². The molecule has 1 unspecified atom stereocenters. The third kappa shape index (κ3) is 3.23. The van der Waals surface area contributed by atoms with E-state index in [2.05, 4.69) is 17.4 Å². The number of halogens is 2. The van der Waals surface area contributed by atoms with Crippen molar-refractivity contribution in [3.8, 4) is 0 Å². The number of nitrogens with one attached hydrogen (secondary N) is 1. The monoisotopic (exact) mass is 285 g/mol. The van der Waals surface area contributed by atoms with Crippen LogP contribution in [0.15, 0.2) is 36.4 Å². The number of hydrogen-bond acceptors (Lipinski definition) is 2. The number of benzene rings is 1. The highest BCUT2D eigenvalue weighted by Crippen LogP contribution is 2.35. The molecule has 0 aliphatic rings. The number of likely N-dealkylation sites (N-methyl/N-ethyl adjacent to an activating group) is 1. The van der Waals surface area contributed by atoms with Crippen LogP contribution in [0.2, 0.25) is 8.67 Å². The summed E-state index contributed by atoms with van der Waals surface area (Å²) in [5, 5.41) is 3.28. The van der Waals surface area contributed by atoms with Gasteiger partial charge in [-0.2, -0.15) is 0 Å². The zero-order valence-corrected chi connectivity index (χ0v) is 11.7. The van der Waals surface area contributed by atoms with E-state index < -0.39 is 0 Å². The van der Waals surface area contributed by atoms with E-state index in [1.807, 2.05) is 31.3 Å². The number of thiophene rings is 1. The lowest BCUT2D eigenvalue weighted by molar-refractivity contribution is 0.594. The Labute approximate surface area is 115 Å². The SMILES string of the molecule is CNC(Cc1ccccc1)c1cc(Cl)sc1Cl. The lowest BCUT2D eigenvalue weighted by atomic mass is 10.0. The van der Waals surface area contributed by atoms with E-state index in [-0.39, 0.29) is 6.04 Å². The molecule has 90 valence electrons. The Kier molecular flexibility index (Phi) is 4.46. The molecular formula is C13H13Cl2NS. The predicted molar refractivity (Wildman–Crippen MR) is 76.3 cm³/mol. The van der Waals surface area contributed by atoms with Crippen molar-refractivity contribution in [1.29, 1.82) is 0 Å². The van der Waals surface area contributed by atoms with Crippen molar-refractivity contribution >= 4 is 34.5 Å². The highest BCUT2D eigenvalue weighted by molar-refractivity contribution is 7.20. The third-order valence-electron chi connectivity index (χ3n) is 2.69. The van der Waals surface area contributed by atoms with Crippen LogP contribution in [0.4, 0.5) is 0 Å². The fraction of sp³-hybridized carbons (Fsp3) is 0.231. The summed E-state index contributed by atoms with van der Waals surface area (Å²) in [5.74, 6) is 0. The van der Waals surface area contributed by atoms with Gasteiger partial charge in [0.2, 0.25) is 0 Å². The molecule has 1 heterocycles. The molecule has 1 nitrogen and oxygen atoms in total. The summed E-state index contributed by atoms with van der Waals surface area (Å²) in [6.07, 6.45) is 0.907. The van der Waals surface area contributed by atoms with Gasteiger partial charge in [0.05, 0.1) is 8.67 Å². The van der Waals surface area contributed by atoms with Crippen LogP contribution in [0.1, 0.15) is 17.2 Å². The molecule has 1 aromatic carbocycles. The topological polar surface area (TPSA) is 12.0 Å². The highest BCUT2D eigenvalue weighted by atomic mass is 35.5. The molecule has 0 radical (unpaired) electrons. The number of hydrogen-bond donors (Lipinski definition) is 1. The van der Waals surface area contributed by atoms with Gasteiger partial charge in [0.15, 0.2) is 0 Å². The van der Waals surface area contributed by atoms with E-state index in [0.29, 0.717) is 0 Å². The molecule has 1 atom stereocenters. The molecule has 0 amide bonds. The van der Waals surface area contributed by atoms with Gasteiger partial charge >= 0.3 is 0 Å². The molecule has 2 rings (SSSR count). The first-order valence-electron chi connectivity index (χ1n) is 5.36. The molecule has 0 spiro atoms. The minimum Gasteiger partial charge on any atom is -0.313 e. The summed E-state index contributed by atoms with van der Waals surface area (Å²) in [6.45, 7) is 0. The Balaban J connectivity index is 2.20. The molecule has 0 saturated carbocycles. The fourth-order valence-corrected chi connectivity index (χ4v) is 3.39. The second-order valence-corrected chi connectivity index (χ2v) is 6.10. The van der Waals surface area contributed by atoms with Crippen LogP contribution < -0.4 is 5.32 Å². The Morgan fingerprint density at radius 2 is 1.94 bits per heavy atom. The van der Waals surface area contributed by atoms with Gasteiger partial charge in [-0.1, -0.05) is 53.5 Å². The first-order chi connectivity index (χ1) is 8.20. The quantitative estimate of drug-likeness (QED) is 0.869. The lowest BCUT2D eigenvalue weighted by Crippen LogP contribution is -2.18. The number of rotatable bonds is 4. The first-order valence-corrected chi connectivity index (χ1v) is 6.94. The molecule has 0 aliphatic heterocycles. The minimum atomic E-state index is 0.202. The van der Waals surface area contributed by atoms with E-state index >= 15 is 0 Å². The second kappa shape index (κ2) is 5.87. The molecule has 17 heavy (non-hydrogen) atoms. The third-order valence-corrected chi connectivity index (χ3v) is 4.21. The van der Waals surface area contributed by atoms with Crippen LogP contribution in [0, 0.1) is 0 Å². The molecule has 1 N–H and O–H groups in total. The van der Waals surface area contributed by atoms with Crippen LogP contribution in [-0.2, 0) is 6.42 Å². The Hall–Kier alpha value is -0.540. The zero-order valence-electron chi connectivity index (χ0n) is 9.41. The Morgan fingerprint density at radius 3 is 2.47 bits per heavy atom.